The highest BCUT2D eigenvalue weighted by atomic mass is 35.5. The number of hydrogen-bond acceptors (Lipinski definition) is 4. The van der Waals surface area contributed by atoms with E-state index >= 15 is 0 Å². The van der Waals surface area contributed by atoms with Crippen LogP contribution in [0.4, 0.5) is 0 Å². The van der Waals surface area contributed by atoms with Crippen molar-refractivity contribution in [3.63, 3.8) is 0 Å². The van der Waals surface area contributed by atoms with Gasteiger partial charge in [-0.05, 0) is 157 Å². The molecule has 105 heavy (non-hydrogen) atoms. The second-order valence-electron chi connectivity index (χ2n) is 26.9. The van der Waals surface area contributed by atoms with E-state index in [9.17, 15) is 0 Å². The first kappa shape index (κ1) is 61.3. The van der Waals surface area contributed by atoms with Crippen molar-refractivity contribution in [3.8, 4) is 73.2 Å². The third-order valence-corrected chi connectivity index (χ3v) is 21.1. The fourth-order valence-corrected chi connectivity index (χ4v) is 16.2. The molecule has 5 aromatic heterocycles. The molecule has 0 atom stereocenters. The van der Waals surface area contributed by atoms with Crippen molar-refractivity contribution in [3.05, 3.63) is 380 Å². The molecule has 7 nitrogen and oxygen atoms in total. The summed E-state index contributed by atoms with van der Waals surface area (Å²) < 4.78 is 6.97. The van der Waals surface area contributed by atoms with E-state index in [1.165, 1.54) is 93.1 Å². The maximum Gasteiger partial charge on any atom is 0.165 e. The smallest absolute Gasteiger partial charge is 0.165 e. The minimum atomic E-state index is 0.709. The molecule has 0 saturated carbocycles. The van der Waals surface area contributed by atoms with Gasteiger partial charge in [0.1, 0.15) is 11.4 Å². The van der Waals surface area contributed by atoms with Gasteiger partial charge in [-0.25, -0.2) is 19.9 Å². The van der Waals surface area contributed by atoms with Gasteiger partial charge in [0.15, 0.2) is 11.6 Å². The first-order valence-electron chi connectivity index (χ1n) is 35.6. The Kier molecular flexibility index (Phi) is 14.9. The number of benzene rings is 16. The summed E-state index contributed by atoms with van der Waals surface area (Å²) in [6, 6.07) is 128. The van der Waals surface area contributed by atoms with Crippen molar-refractivity contribution >= 4 is 121 Å². The van der Waals surface area contributed by atoms with Crippen LogP contribution in [-0.2, 0) is 6.42 Å². The van der Waals surface area contributed by atoms with Gasteiger partial charge in [-0.3, -0.25) is 9.13 Å². The van der Waals surface area contributed by atoms with Gasteiger partial charge >= 0.3 is 0 Å². The summed E-state index contributed by atoms with van der Waals surface area (Å²) in [4.78, 5) is 21.2. The summed E-state index contributed by atoms with van der Waals surface area (Å²) in [5.74, 6) is 1.61. The van der Waals surface area contributed by atoms with Gasteiger partial charge in [-0.2, -0.15) is 0 Å². The average Bonchev–Trinajstić information content (AvgIpc) is 1.59. The lowest BCUT2D eigenvalue weighted by atomic mass is 10.0. The number of rotatable bonds is 7. The van der Waals surface area contributed by atoms with Crippen molar-refractivity contribution in [1.29, 1.82) is 0 Å². The van der Waals surface area contributed by atoms with Gasteiger partial charge in [0.25, 0.3) is 0 Å². The second kappa shape index (κ2) is 25.5. The molecule has 492 valence electrons. The standard InChI is InChI=1S/C48H30N4.C36H22ClN3.C13H10/c1-2-12-31(13-3-1)32-22-24-34(25-23-32)47-48(50-41-19-9-8-18-40(41)49-47)52-44-29-27-35(30-39(44)46-36-15-5-4-14-33(36)26-28-45(46)52)51-42-20-10-6-16-37(42)38-17-7-11-21-43(38)51;37-27-19-21-32-29(22-27)34-28-11-5-4-10-25(28)18-20-33(34)40(32)36-35(38-30-12-6-7-13-31(30)39-36)26-16-14-24(15-17-26)23-8-2-1-3-9-23;1-3-7-12-10(5-1)9-11-6-2-4-8-13(11)12/h1-30H;1-22H;1-8H,9H2. The van der Waals surface area contributed by atoms with Crippen LogP contribution in [-0.4, -0.2) is 33.6 Å². The summed E-state index contributed by atoms with van der Waals surface area (Å²) in [6.07, 6.45) is 1.10. The molecule has 0 radical (unpaired) electrons. The molecule has 22 rings (SSSR count). The highest BCUT2D eigenvalue weighted by molar-refractivity contribution is 6.33. The highest BCUT2D eigenvalue weighted by Crippen LogP contribution is 2.44. The molecule has 0 fully saturated rings. The quantitative estimate of drug-likeness (QED) is 0.159. The Morgan fingerprint density at radius 3 is 1.08 bits per heavy atom. The molecule has 0 amide bonds. The van der Waals surface area contributed by atoms with Gasteiger partial charge < -0.3 is 4.57 Å². The van der Waals surface area contributed by atoms with Crippen LogP contribution < -0.4 is 0 Å². The van der Waals surface area contributed by atoms with Gasteiger partial charge in [-0.1, -0.05) is 291 Å². The molecule has 16 aromatic carbocycles. The lowest BCUT2D eigenvalue weighted by molar-refractivity contribution is 1.08. The Balaban J connectivity index is 0.000000121. The maximum absolute atomic E-state index is 6.56. The summed E-state index contributed by atoms with van der Waals surface area (Å²) in [6.45, 7) is 0. The predicted molar refractivity (Wildman–Crippen MR) is 439 cm³/mol. The SMILES string of the molecule is Clc1ccc2c(c1)c1c3ccccc3ccc1n2-c1nc2ccccc2nc1-c1ccc(-c2ccccc2)cc1.c1ccc(-c2ccc(-c3nc4ccccc4nc3-n3c4ccc(-n5c6ccccc6c6ccccc65)cc4c4c5ccccc5ccc43)cc2)cc1.c1ccc2c(c1)Cc1ccccc1-2. The maximum atomic E-state index is 6.56. The number of fused-ring (bicyclic) bond motifs is 18. The monoisotopic (exact) mass is 1360 g/mol. The zero-order chi connectivity index (χ0) is 69.5. The van der Waals surface area contributed by atoms with Crippen LogP contribution in [0, 0.1) is 0 Å². The lowest BCUT2D eigenvalue weighted by Crippen LogP contribution is -2.04. The summed E-state index contributed by atoms with van der Waals surface area (Å²) >= 11 is 6.56. The van der Waals surface area contributed by atoms with Crippen molar-refractivity contribution in [2.45, 2.75) is 6.42 Å². The van der Waals surface area contributed by atoms with Crippen molar-refractivity contribution < 1.29 is 0 Å². The van der Waals surface area contributed by atoms with E-state index in [-0.39, 0.29) is 0 Å². The molecule has 5 heterocycles. The number of halogens is 1. The molecular weight excluding hydrogens is 1300 g/mol. The predicted octanol–water partition coefficient (Wildman–Crippen LogP) is 25.4. The van der Waals surface area contributed by atoms with Crippen molar-refractivity contribution in [1.82, 2.24) is 33.6 Å². The van der Waals surface area contributed by atoms with E-state index in [1.54, 1.807) is 0 Å². The summed E-state index contributed by atoms with van der Waals surface area (Å²) in [7, 11) is 0. The number of aromatic nitrogens is 7. The Morgan fingerprint density at radius 2 is 0.590 bits per heavy atom. The fraction of sp³-hybridized carbons (Fsp3) is 0.0103. The number of para-hydroxylation sites is 6. The molecule has 0 unspecified atom stereocenters. The van der Waals surface area contributed by atoms with Gasteiger partial charge in [0, 0.05) is 54.2 Å². The Bertz CT molecular complexity index is 6900. The molecule has 21 aromatic rings. The Labute approximate surface area is 610 Å². The summed E-state index contributed by atoms with van der Waals surface area (Å²) in [5.41, 5.74) is 25.4. The van der Waals surface area contributed by atoms with E-state index in [0.717, 1.165) is 107 Å². The summed E-state index contributed by atoms with van der Waals surface area (Å²) in [5, 5.41) is 12.6. The van der Waals surface area contributed by atoms with Crippen molar-refractivity contribution in [2.75, 3.05) is 0 Å². The molecule has 0 N–H and O–H groups in total. The topological polar surface area (TPSA) is 66.3 Å². The normalized spacial score (nSPS) is 11.8. The van der Waals surface area contributed by atoms with Crippen LogP contribution in [0.1, 0.15) is 11.1 Å². The fourth-order valence-electron chi connectivity index (χ4n) is 16.0. The molecule has 0 bridgehead atoms. The van der Waals surface area contributed by atoms with Crippen LogP contribution in [0.2, 0.25) is 5.02 Å². The first-order chi connectivity index (χ1) is 52.0. The van der Waals surface area contributed by atoms with Crippen molar-refractivity contribution in [2.24, 2.45) is 0 Å². The minimum Gasteiger partial charge on any atom is -0.309 e. The van der Waals surface area contributed by atoms with E-state index < -0.39 is 0 Å². The van der Waals surface area contributed by atoms with Crippen LogP contribution in [0.15, 0.2) is 364 Å². The van der Waals surface area contributed by atoms with Crippen LogP contribution in [0.3, 0.4) is 0 Å². The molecular formula is C97H62ClN7. The third-order valence-electron chi connectivity index (χ3n) is 20.9. The number of hydrogen-bond donors (Lipinski definition) is 0. The Hall–Kier alpha value is -13.6. The molecule has 8 heteroatoms. The zero-order valence-electron chi connectivity index (χ0n) is 56.9. The Morgan fingerprint density at radius 1 is 0.238 bits per heavy atom. The van der Waals surface area contributed by atoms with Gasteiger partial charge in [0.2, 0.25) is 0 Å². The second-order valence-corrected chi connectivity index (χ2v) is 27.3. The molecule has 1 aliphatic rings. The lowest BCUT2D eigenvalue weighted by Gasteiger charge is -2.14. The van der Waals surface area contributed by atoms with E-state index in [0.29, 0.717) is 5.02 Å². The van der Waals surface area contributed by atoms with Gasteiger partial charge in [0.05, 0.1) is 55.2 Å². The van der Waals surface area contributed by atoms with E-state index in [1.807, 2.05) is 54.6 Å². The average molecular weight is 1360 g/mol. The molecule has 0 aliphatic heterocycles. The minimum absolute atomic E-state index is 0.709. The third kappa shape index (κ3) is 10.6. The number of nitrogens with zero attached hydrogens (tertiary/aromatic N) is 7. The van der Waals surface area contributed by atoms with Crippen LogP contribution in [0.25, 0.3) is 182 Å². The largest absolute Gasteiger partial charge is 0.309 e. The van der Waals surface area contributed by atoms with E-state index in [2.05, 4.69) is 323 Å². The van der Waals surface area contributed by atoms with E-state index in [4.69, 9.17) is 31.5 Å². The molecule has 0 spiro atoms. The first-order valence-corrected chi connectivity index (χ1v) is 36.0. The van der Waals surface area contributed by atoms with Crippen LogP contribution >= 0.6 is 11.6 Å². The molecule has 1 aliphatic carbocycles. The van der Waals surface area contributed by atoms with Gasteiger partial charge in [-0.15, -0.1) is 0 Å². The zero-order valence-corrected chi connectivity index (χ0v) is 57.6. The molecule has 0 saturated heterocycles. The highest BCUT2D eigenvalue weighted by Gasteiger charge is 2.25. The van der Waals surface area contributed by atoms with Crippen LogP contribution in [0.5, 0.6) is 0 Å².